The number of benzene rings is 1. The van der Waals surface area contributed by atoms with E-state index in [-0.39, 0.29) is 23.0 Å². The number of hydrogen-bond donors (Lipinski definition) is 1. The van der Waals surface area contributed by atoms with E-state index in [4.69, 9.17) is 5.11 Å². The molecule has 0 atom stereocenters. The minimum Gasteiger partial charge on any atom is -0.508 e. The van der Waals surface area contributed by atoms with Crippen molar-refractivity contribution < 1.29 is 14.7 Å². The highest BCUT2D eigenvalue weighted by Gasteiger charge is 2.59. The van der Waals surface area contributed by atoms with Crippen LogP contribution in [0.4, 0.5) is 5.69 Å². The van der Waals surface area contributed by atoms with E-state index in [0.717, 1.165) is 12.8 Å². The Balaban J connectivity index is 1.98. The quantitative estimate of drug-likeness (QED) is 0.724. The third kappa shape index (κ3) is 1.16. The maximum absolute atomic E-state index is 12.0. The highest BCUT2D eigenvalue weighted by Crippen LogP contribution is 2.54. The molecule has 1 heterocycles. The van der Waals surface area contributed by atoms with Crippen molar-refractivity contribution in [3.8, 4) is 5.75 Å². The molecule has 1 aliphatic carbocycles. The summed E-state index contributed by atoms with van der Waals surface area (Å²) in [7, 11) is 0. The minimum atomic E-state index is -0.380. The summed E-state index contributed by atoms with van der Waals surface area (Å²) >= 11 is 0. The minimum absolute atomic E-state index is 0.0804. The van der Waals surface area contributed by atoms with Crippen LogP contribution in [0.1, 0.15) is 19.3 Å². The second-order valence-corrected chi connectivity index (χ2v) is 4.51. The Labute approximate surface area is 92.5 Å². The zero-order valence-corrected chi connectivity index (χ0v) is 8.64. The van der Waals surface area contributed by atoms with Crippen LogP contribution in [0.2, 0.25) is 0 Å². The lowest BCUT2D eigenvalue weighted by Crippen LogP contribution is -2.30. The molecule has 0 aromatic heterocycles. The lowest BCUT2D eigenvalue weighted by atomic mass is 10.1. The van der Waals surface area contributed by atoms with Gasteiger partial charge in [-0.3, -0.25) is 14.5 Å². The number of hydrogen-bond acceptors (Lipinski definition) is 3. The van der Waals surface area contributed by atoms with Crippen LogP contribution in [-0.2, 0) is 9.59 Å². The molecule has 0 radical (unpaired) electrons. The van der Waals surface area contributed by atoms with Crippen molar-refractivity contribution in [3.05, 3.63) is 24.3 Å². The van der Waals surface area contributed by atoms with Gasteiger partial charge < -0.3 is 5.11 Å². The molecule has 1 saturated carbocycles. The summed E-state index contributed by atoms with van der Waals surface area (Å²) in [4.78, 5) is 25.0. The molecular formula is C12H11NO3. The van der Waals surface area contributed by atoms with E-state index in [1.165, 1.54) is 17.0 Å². The molecule has 3 rings (SSSR count). The molecule has 4 nitrogen and oxygen atoms in total. The van der Waals surface area contributed by atoms with Crippen LogP contribution < -0.4 is 4.90 Å². The third-order valence-corrected chi connectivity index (χ3v) is 3.36. The van der Waals surface area contributed by atoms with E-state index in [9.17, 15) is 9.59 Å². The monoisotopic (exact) mass is 217 g/mol. The Morgan fingerprint density at radius 1 is 1.12 bits per heavy atom. The Kier molecular flexibility index (Phi) is 1.67. The first-order valence-electron chi connectivity index (χ1n) is 5.29. The standard InChI is InChI=1S/C12H11NO3/c14-9-3-1-8(2-4-9)13-10(15)7-12(5-6-12)11(13)16/h1-4,14H,5-7H2. The van der Waals surface area contributed by atoms with E-state index in [2.05, 4.69) is 0 Å². The molecule has 1 aromatic rings. The number of amides is 2. The molecule has 4 heteroatoms. The Bertz CT molecular complexity index is 474. The molecule has 2 amide bonds. The van der Waals surface area contributed by atoms with E-state index < -0.39 is 0 Å². The average Bonchev–Trinajstić information content (AvgIpc) is 2.97. The van der Waals surface area contributed by atoms with Crippen molar-refractivity contribution in [2.24, 2.45) is 5.41 Å². The summed E-state index contributed by atoms with van der Waals surface area (Å²) in [5, 5.41) is 9.16. The summed E-state index contributed by atoms with van der Waals surface area (Å²) in [6.45, 7) is 0. The topological polar surface area (TPSA) is 57.6 Å². The lowest BCUT2D eigenvalue weighted by Gasteiger charge is -2.14. The Morgan fingerprint density at radius 2 is 1.75 bits per heavy atom. The summed E-state index contributed by atoms with van der Waals surface area (Å²) in [5.41, 5.74) is 0.172. The summed E-state index contributed by atoms with van der Waals surface area (Å²) < 4.78 is 0. The molecular weight excluding hydrogens is 206 g/mol. The fourth-order valence-electron chi connectivity index (χ4n) is 2.20. The second kappa shape index (κ2) is 2.84. The number of carbonyl (C=O) groups is 2. The van der Waals surface area contributed by atoms with Gasteiger partial charge >= 0.3 is 0 Å². The van der Waals surface area contributed by atoms with E-state index in [1.54, 1.807) is 12.1 Å². The van der Waals surface area contributed by atoms with Gasteiger partial charge in [-0.1, -0.05) is 0 Å². The van der Waals surface area contributed by atoms with Gasteiger partial charge in [-0.2, -0.15) is 0 Å². The lowest BCUT2D eigenvalue weighted by molar-refractivity contribution is -0.122. The van der Waals surface area contributed by atoms with Crippen molar-refractivity contribution >= 4 is 17.5 Å². The van der Waals surface area contributed by atoms with Crippen LogP contribution in [0, 0.1) is 5.41 Å². The molecule has 2 fully saturated rings. The molecule has 2 aliphatic rings. The van der Waals surface area contributed by atoms with Crippen LogP contribution >= 0.6 is 0 Å². The summed E-state index contributed by atoms with van der Waals surface area (Å²) in [5.74, 6) is -0.0830. The molecule has 1 spiro atoms. The van der Waals surface area contributed by atoms with Gasteiger partial charge in [0.15, 0.2) is 0 Å². The fraction of sp³-hybridized carbons (Fsp3) is 0.333. The Morgan fingerprint density at radius 3 is 2.25 bits per heavy atom. The predicted octanol–water partition coefficient (Wildman–Crippen LogP) is 1.44. The molecule has 1 aliphatic heterocycles. The number of carbonyl (C=O) groups excluding carboxylic acids is 2. The Hall–Kier alpha value is -1.84. The number of anilines is 1. The normalized spacial score (nSPS) is 21.9. The second-order valence-electron chi connectivity index (χ2n) is 4.51. The third-order valence-electron chi connectivity index (χ3n) is 3.36. The number of rotatable bonds is 1. The average molecular weight is 217 g/mol. The maximum atomic E-state index is 12.0. The van der Waals surface area contributed by atoms with Crippen molar-refractivity contribution in [2.75, 3.05) is 4.90 Å². The number of imide groups is 1. The molecule has 1 aromatic carbocycles. The highest BCUT2D eigenvalue weighted by molar-refractivity contribution is 6.23. The van der Waals surface area contributed by atoms with E-state index in [1.807, 2.05) is 0 Å². The van der Waals surface area contributed by atoms with Crippen LogP contribution in [0.25, 0.3) is 0 Å². The van der Waals surface area contributed by atoms with Crippen molar-refractivity contribution in [3.63, 3.8) is 0 Å². The van der Waals surface area contributed by atoms with Gasteiger partial charge in [-0.15, -0.1) is 0 Å². The van der Waals surface area contributed by atoms with Crippen LogP contribution in [0.5, 0.6) is 5.75 Å². The maximum Gasteiger partial charge on any atom is 0.240 e. The summed E-state index contributed by atoms with van der Waals surface area (Å²) in [6.07, 6.45) is 1.99. The number of aromatic hydroxyl groups is 1. The van der Waals surface area contributed by atoms with E-state index in [0.29, 0.717) is 12.1 Å². The summed E-state index contributed by atoms with van der Waals surface area (Å²) in [6, 6.07) is 6.14. The van der Waals surface area contributed by atoms with Crippen LogP contribution in [0.15, 0.2) is 24.3 Å². The number of nitrogens with zero attached hydrogens (tertiary/aromatic N) is 1. The zero-order chi connectivity index (χ0) is 11.3. The first-order valence-corrected chi connectivity index (χ1v) is 5.29. The van der Waals surface area contributed by atoms with Crippen molar-refractivity contribution in [2.45, 2.75) is 19.3 Å². The highest BCUT2D eigenvalue weighted by atomic mass is 16.3. The number of phenolic OH excluding ortho intramolecular Hbond substituents is 1. The van der Waals surface area contributed by atoms with Crippen LogP contribution in [0.3, 0.4) is 0 Å². The van der Waals surface area contributed by atoms with Gasteiger partial charge in [0.2, 0.25) is 11.8 Å². The fourth-order valence-corrected chi connectivity index (χ4v) is 2.20. The molecule has 0 bridgehead atoms. The van der Waals surface area contributed by atoms with Gasteiger partial charge in [0.05, 0.1) is 11.1 Å². The molecule has 1 saturated heterocycles. The van der Waals surface area contributed by atoms with Gasteiger partial charge in [-0.25, -0.2) is 0 Å². The van der Waals surface area contributed by atoms with Gasteiger partial charge in [0.1, 0.15) is 5.75 Å². The van der Waals surface area contributed by atoms with Crippen molar-refractivity contribution in [1.82, 2.24) is 0 Å². The van der Waals surface area contributed by atoms with Gasteiger partial charge in [0, 0.05) is 6.42 Å². The molecule has 1 N–H and O–H groups in total. The number of phenols is 1. The predicted molar refractivity (Wildman–Crippen MR) is 56.9 cm³/mol. The van der Waals surface area contributed by atoms with E-state index >= 15 is 0 Å². The first-order chi connectivity index (χ1) is 7.62. The first kappa shape index (κ1) is 9.39. The van der Waals surface area contributed by atoms with Crippen LogP contribution in [-0.4, -0.2) is 16.9 Å². The zero-order valence-electron chi connectivity index (χ0n) is 8.64. The smallest absolute Gasteiger partial charge is 0.240 e. The molecule has 16 heavy (non-hydrogen) atoms. The van der Waals surface area contributed by atoms with Crippen molar-refractivity contribution in [1.29, 1.82) is 0 Å². The SMILES string of the molecule is O=C1CC2(CC2)C(=O)N1c1ccc(O)cc1. The molecule has 0 unspecified atom stereocenters. The van der Waals surface area contributed by atoms with Gasteiger partial charge in [-0.05, 0) is 37.1 Å². The largest absolute Gasteiger partial charge is 0.508 e. The van der Waals surface area contributed by atoms with Gasteiger partial charge in [0.25, 0.3) is 0 Å². The molecule has 82 valence electrons.